The quantitative estimate of drug-likeness (QED) is 0.781. The molecular weight excluding hydrogens is 198 g/mol. The minimum Gasteiger partial charge on any atom is -0.301 e. The number of fused-ring (bicyclic) bond motifs is 1. The van der Waals surface area contributed by atoms with E-state index in [0.29, 0.717) is 6.04 Å². The first-order valence-electron chi connectivity index (χ1n) is 6.27. The van der Waals surface area contributed by atoms with Gasteiger partial charge in [0.25, 0.3) is 0 Å². The molecule has 86 valence electrons. The van der Waals surface area contributed by atoms with Gasteiger partial charge in [0.05, 0.1) is 6.61 Å². The van der Waals surface area contributed by atoms with Crippen LogP contribution in [-0.2, 0) is 4.84 Å². The Balaban J connectivity index is 1.79. The standard InChI is InChI=1S/C14H19NO/c1-10-4-2-3-5-13(10)11-6-7-14-12(8-11)9-16-15-14/h2-5,11-12,14-15H,6-9H2,1H3. The molecule has 1 saturated carbocycles. The molecule has 1 aromatic rings. The number of aryl methyl sites for hydroxylation is 1. The number of hydrogen-bond donors (Lipinski definition) is 1. The SMILES string of the molecule is Cc1ccccc1C1CCC2NOCC2C1. The number of rotatable bonds is 1. The van der Waals surface area contributed by atoms with Crippen molar-refractivity contribution >= 4 is 0 Å². The van der Waals surface area contributed by atoms with Crippen molar-refractivity contribution in [2.24, 2.45) is 5.92 Å². The lowest BCUT2D eigenvalue weighted by molar-refractivity contribution is 0.0859. The second-order valence-corrected chi connectivity index (χ2v) is 5.16. The van der Waals surface area contributed by atoms with Gasteiger partial charge in [0.1, 0.15) is 0 Å². The van der Waals surface area contributed by atoms with Crippen molar-refractivity contribution in [3.63, 3.8) is 0 Å². The molecule has 3 rings (SSSR count). The van der Waals surface area contributed by atoms with Gasteiger partial charge in [0.2, 0.25) is 0 Å². The summed E-state index contributed by atoms with van der Waals surface area (Å²) >= 11 is 0. The summed E-state index contributed by atoms with van der Waals surface area (Å²) in [5, 5.41) is 0. The van der Waals surface area contributed by atoms with Crippen molar-refractivity contribution in [1.29, 1.82) is 0 Å². The summed E-state index contributed by atoms with van der Waals surface area (Å²) in [5.41, 5.74) is 6.14. The molecule has 3 unspecified atom stereocenters. The van der Waals surface area contributed by atoms with E-state index in [-0.39, 0.29) is 0 Å². The van der Waals surface area contributed by atoms with Gasteiger partial charge in [0.15, 0.2) is 0 Å². The lowest BCUT2D eigenvalue weighted by atomic mass is 9.75. The van der Waals surface area contributed by atoms with Gasteiger partial charge >= 0.3 is 0 Å². The molecule has 16 heavy (non-hydrogen) atoms. The van der Waals surface area contributed by atoms with Gasteiger partial charge in [-0.3, -0.25) is 0 Å². The summed E-state index contributed by atoms with van der Waals surface area (Å²) in [7, 11) is 0. The van der Waals surface area contributed by atoms with Crippen molar-refractivity contribution in [3.8, 4) is 0 Å². The van der Waals surface area contributed by atoms with Crippen LogP contribution >= 0.6 is 0 Å². The molecule has 0 amide bonds. The molecule has 2 fully saturated rings. The normalized spacial score (nSPS) is 33.7. The van der Waals surface area contributed by atoms with Gasteiger partial charge in [0, 0.05) is 12.0 Å². The molecule has 1 N–H and O–H groups in total. The van der Waals surface area contributed by atoms with Crippen molar-refractivity contribution in [2.45, 2.75) is 38.1 Å². The molecule has 1 aliphatic carbocycles. The Labute approximate surface area is 97.0 Å². The topological polar surface area (TPSA) is 21.3 Å². The molecule has 0 spiro atoms. The Morgan fingerprint density at radius 1 is 1.25 bits per heavy atom. The van der Waals surface area contributed by atoms with Crippen LogP contribution in [0.25, 0.3) is 0 Å². The summed E-state index contributed by atoms with van der Waals surface area (Å²) in [5.74, 6) is 1.46. The molecule has 1 aliphatic heterocycles. The van der Waals surface area contributed by atoms with Crippen LogP contribution in [0.1, 0.15) is 36.3 Å². The maximum atomic E-state index is 5.36. The van der Waals surface area contributed by atoms with E-state index in [1.165, 1.54) is 24.8 Å². The zero-order chi connectivity index (χ0) is 11.0. The predicted octanol–water partition coefficient (Wildman–Crippen LogP) is 2.78. The third kappa shape index (κ3) is 1.76. The van der Waals surface area contributed by atoms with E-state index in [1.54, 1.807) is 5.56 Å². The van der Waals surface area contributed by atoms with Crippen LogP contribution in [-0.4, -0.2) is 12.6 Å². The zero-order valence-electron chi connectivity index (χ0n) is 9.78. The molecule has 0 aromatic heterocycles. The molecule has 2 nitrogen and oxygen atoms in total. The summed E-state index contributed by atoms with van der Waals surface area (Å²) in [6.45, 7) is 3.12. The summed E-state index contributed by atoms with van der Waals surface area (Å²) in [4.78, 5) is 5.36. The Morgan fingerprint density at radius 3 is 3.00 bits per heavy atom. The summed E-state index contributed by atoms with van der Waals surface area (Å²) in [6.07, 6.45) is 3.83. The molecule has 0 bridgehead atoms. The number of benzene rings is 1. The molecular formula is C14H19NO. The first-order chi connectivity index (χ1) is 7.84. The Kier molecular flexibility index (Phi) is 2.70. The highest BCUT2D eigenvalue weighted by atomic mass is 16.7. The fraction of sp³-hybridized carbons (Fsp3) is 0.571. The smallest absolute Gasteiger partial charge is 0.0726 e. The Morgan fingerprint density at radius 2 is 2.12 bits per heavy atom. The van der Waals surface area contributed by atoms with E-state index in [1.807, 2.05) is 0 Å². The lowest BCUT2D eigenvalue weighted by Gasteiger charge is -2.31. The van der Waals surface area contributed by atoms with Crippen LogP contribution in [0, 0.1) is 12.8 Å². The molecule has 0 radical (unpaired) electrons. The van der Waals surface area contributed by atoms with Gasteiger partial charge in [-0.2, -0.15) is 5.48 Å². The van der Waals surface area contributed by atoms with Crippen molar-refractivity contribution in [2.75, 3.05) is 6.61 Å². The van der Waals surface area contributed by atoms with E-state index in [2.05, 4.69) is 36.7 Å². The Bertz CT molecular complexity index is 377. The van der Waals surface area contributed by atoms with E-state index < -0.39 is 0 Å². The third-order valence-electron chi connectivity index (χ3n) is 4.14. The van der Waals surface area contributed by atoms with Crippen molar-refractivity contribution in [1.82, 2.24) is 5.48 Å². The molecule has 1 aromatic carbocycles. The molecule has 2 heteroatoms. The number of hydroxylamine groups is 1. The summed E-state index contributed by atoms with van der Waals surface area (Å²) < 4.78 is 0. The maximum absolute atomic E-state index is 5.36. The van der Waals surface area contributed by atoms with Crippen LogP contribution in [0.4, 0.5) is 0 Å². The number of hydrogen-bond acceptors (Lipinski definition) is 2. The molecule has 1 saturated heterocycles. The average molecular weight is 217 g/mol. The second kappa shape index (κ2) is 4.19. The van der Waals surface area contributed by atoms with Gasteiger partial charge < -0.3 is 4.84 Å². The molecule has 1 heterocycles. The van der Waals surface area contributed by atoms with E-state index in [9.17, 15) is 0 Å². The monoisotopic (exact) mass is 217 g/mol. The van der Waals surface area contributed by atoms with E-state index in [0.717, 1.165) is 18.4 Å². The van der Waals surface area contributed by atoms with Crippen LogP contribution in [0.5, 0.6) is 0 Å². The Hall–Kier alpha value is -0.860. The van der Waals surface area contributed by atoms with Crippen LogP contribution in [0.3, 0.4) is 0 Å². The van der Waals surface area contributed by atoms with E-state index in [4.69, 9.17) is 4.84 Å². The average Bonchev–Trinajstić information content (AvgIpc) is 2.76. The predicted molar refractivity (Wildman–Crippen MR) is 64.1 cm³/mol. The van der Waals surface area contributed by atoms with Gasteiger partial charge in [-0.15, -0.1) is 0 Å². The van der Waals surface area contributed by atoms with E-state index >= 15 is 0 Å². The maximum Gasteiger partial charge on any atom is 0.0726 e. The van der Waals surface area contributed by atoms with Crippen molar-refractivity contribution in [3.05, 3.63) is 35.4 Å². The fourth-order valence-corrected chi connectivity index (χ4v) is 3.19. The first kappa shape index (κ1) is 10.3. The highest BCUT2D eigenvalue weighted by Crippen LogP contribution is 2.39. The first-order valence-corrected chi connectivity index (χ1v) is 6.27. The second-order valence-electron chi connectivity index (χ2n) is 5.16. The lowest BCUT2D eigenvalue weighted by Crippen LogP contribution is -2.32. The largest absolute Gasteiger partial charge is 0.301 e. The van der Waals surface area contributed by atoms with Gasteiger partial charge in [-0.1, -0.05) is 24.3 Å². The van der Waals surface area contributed by atoms with Crippen LogP contribution in [0.2, 0.25) is 0 Å². The highest BCUT2D eigenvalue weighted by molar-refractivity contribution is 5.29. The third-order valence-corrected chi connectivity index (χ3v) is 4.14. The van der Waals surface area contributed by atoms with Gasteiger partial charge in [-0.25, -0.2) is 0 Å². The minimum absolute atomic E-state index is 0.611. The number of nitrogens with one attached hydrogen (secondary N) is 1. The van der Waals surface area contributed by atoms with Crippen LogP contribution in [0.15, 0.2) is 24.3 Å². The molecule has 2 aliphatic rings. The minimum atomic E-state index is 0.611. The van der Waals surface area contributed by atoms with Gasteiger partial charge in [-0.05, 0) is 43.2 Å². The molecule has 3 atom stereocenters. The fourth-order valence-electron chi connectivity index (χ4n) is 3.19. The highest BCUT2D eigenvalue weighted by Gasteiger charge is 2.35. The van der Waals surface area contributed by atoms with Crippen LogP contribution < -0.4 is 5.48 Å². The van der Waals surface area contributed by atoms with Crippen molar-refractivity contribution < 1.29 is 4.84 Å². The summed E-state index contributed by atoms with van der Waals surface area (Å²) in [6, 6.07) is 9.43. The zero-order valence-corrected chi connectivity index (χ0v) is 9.78.